The van der Waals surface area contributed by atoms with E-state index in [1.54, 1.807) is 18.4 Å². The number of ether oxygens (including phenoxy) is 1. The van der Waals surface area contributed by atoms with Crippen molar-refractivity contribution in [1.29, 1.82) is 0 Å². The highest BCUT2D eigenvalue weighted by Gasteiger charge is 2.30. The Hall–Kier alpha value is -1.85. The van der Waals surface area contributed by atoms with E-state index in [2.05, 4.69) is 36.1 Å². The van der Waals surface area contributed by atoms with E-state index in [-0.39, 0.29) is 12.0 Å². The Morgan fingerprint density at radius 3 is 2.62 bits per heavy atom. The number of thiophene rings is 1. The van der Waals surface area contributed by atoms with E-state index in [4.69, 9.17) is 4.74 Å². The van der Waals surface area contributed by atoms with Crippen molar-refractivity contribution in [2.45, 2.75) is 25.8 Å². The van der Waals surface area contributed by atoms with Gasteiger partial charge < -0.3 is 9.84 Å². The molecule has 0 aliphatic carbocycles. The molecule has 1 atom stereocenters. The Kier molecular flexibility index (Phi) is 5.21. The number of rotatable bonds is 5. The van der Waals surface area contributed by atoms with Crippen molar-refractivity contribution in [2.75, 3.05) is 20.2 Å². The van der Waals surface area contributed by atoms with Crippen LogP contribution in [0.3, 0.4) is 0 Å². The molecule has 0 saturated carbocycles. The number of carbonyl (C=O) groups is 1. The van der Waals surface area contributed by atoms with Crippen molar-refractivity contribution >= 4 is 17.3 Å². The van der Waals surface area contributed by atoms with Gasteiger partial charge in [0.05, 0.1) is 19.1 Å². The number of piperidine rings is 1. The normalized spacial score (nSPS) is 17.6. The summed E-state index contributed by atoms with van der Waals surface area (Å²) in [6, 6.07) is 12.7. The maximum atomic E-state index is 11.2. The summed E-state index contributed by atoms with van der Waals surface area (Å²) in [5, 5.41) is 9.24. The van der Waals surface area contributed by atoms with Crippen molar-refractivity contribution in [2.24, 2.45) is 5.92 Å². The number of benzene rings is 1. The monoisotopic (exact) mass is 345 g/mol. The third kappa shape index (κ3) is 3.62. The average molecular weight is 345 g/mol. The zero-order chi connectivity index (χ0) is 17.1. The molecule has 4 nitrogen and oxygen atoms in total. The van der Waals surface area contributed by atoms with Gasteiger partial charge in [0.15, 0.2) is 0 Å². The number of aryl methyl sites for hydroxylation is 1. The molecule has 1 fully saturated rings. The van der Waals surface area contributed by atoms with Crippen LogP contribution in [0.15, 0.2) is 36.4 Å². The predicted molar refractivity (Wildman–Crippen MR) is 95.8 cm³/mol. The van der Waals surface area contributed by atoms with Crippen molar-refractivity contribution in [1.82, 2.24) is 4.90 Å². The zero-order valence-electron chi connectivity index (χ0n) is 14.1. The molecule has 5 heteroatoms. The Morgan fingerprint density at radius 2 is 2.04 bits per heavy atom. The molecule has 24 heavy (non-hydrogen) atoms. The molecule has 0 amide bonds. The van der Waals surface area contributed by atoms with Gasteiger partial charge in [-0.2, -0.15) is 0 Å². The van der Waals surface area contributed by atoms with Crippen LogP contribution < -0.4 is 4.74 Å². The number of hydrogen-bond donors (Lipinski definition) is 1. The fourth-order valence-corrected chi connectivity index (χ4v) is 4.41. The van der Waals surface area contributed by atoms with E-state index in [1.807, 2.05) is 12.1 Å². The second-order valence-corrected chi connectivity index (χ2v) is 7.60. The van der Waals surface area contributed by atoms with E-state index < -0.39 is 5.97 Å². The van der Waals surface area contributed by atoms with Gasteiger partial charge >= 0.3 is 5.97 Å². The fourth-order valence-electron chi connectivity index (χ4n) is 3.37. The molecule has 1 N–H and O–H groups in total. The molecule has 0 radical (unpaired) electrons. The Labute approximate surface area is 146 Å². The zero-order valence-corrected chi connectivity index (χ0v) is 14.9. The minimum Gasteiger partial charge on any atom is -0.497 e. The third-order valence-electron chi connectivity index (χ3n) is 4.68. The topological polar surface area (TPSA) is 49.8 Å². The standard InChI is InChI=1S/C19H23NO3S/c1-13-6-7-17(24-13)18(15-4-3-5-16(12-15)23-2)20-10-8-14(9-11-20)19(21)22/h3-7,12,14,18H,8-11H2,1-2H3,(H,21,22). The molecule has 2 heterocycles. The van der Waals surface area contributed by atoms with Crippen molar-refractivity contribution in [3.05, 3.63) is 51.7 Å². The van der Waals surface area contributed by atoms with Crippen LogP contribution in [0.5, 0.6) is 5.75 Å². The highest BCUT2D eigenvalue weighted by atomic mass is 32.1. The lowest BCUT2D eigenvalue weighted by Crippen LogP contribution is -2.39. The van der Waals surface area contributed by atoms with Gasteiger partial charge in [0.2, 0.25) is 0 Å². The van der Waals surface area contributed by atoms with Crippen LogP contribution in [0.25, 0.3) is 0 Å². The lowest BCUT2D eigenvalue weighted by molar-refractivity contribution is -0.143. The number of carboxylic acid groups (broad SMARTS) is 1. The molecular formula is C19H23NO3S. The molecule has 1 aromatic heterocycles. The smallest absolute Gasteiger partial charge is 0.306 e. The number of likely N-dealkylation sites (tertiary alicyclic amines) is 1. The average Bonchev–Trinajstić information content (AvgIpc) is 3.02. The third-order valence-corrected chi connectivity index (χ3v) is 5.74. The first-order valence-corrected chi connectivity index (χ1v) is 9.07. The minimum absolute atomic E-state index is 0.161. The first kappa shape index (κ1) is 17.0. The van der Waals surface area contributed by atoms with Crippen LogP contribution in [0.1, 0.15) is 34.2 Å². The summed E-state index contributed by atoms with van der Waals surface area (Å²) in [6.07, 6.45) is 1.42. The molecule has 128 valence electrons. The second-order valence-electron chi connectivity index (χ2n) is 6.28. The van der Waals surface area contributed by atoms with Crippen LogP contribution in [0, 0.1) is 12.8 Å². The Bertz CT molecular complexity index is 704. The van der Waals surface area contributed by atoms with Crippen LogP contribution >= 0.6 is 11.3 Å². The maximum absolute atomic E-state index is 11.2. The quantitative estimate of drug-likeness (QED) is 0.891. The van der Waals surface area contributed by atoms with Gasteiger partial charge in [0, 0.05) is 9.75 Å². The fraction of sp³-hybridized carbons (Fsp3) is 0.421. The van der Waals surface area contributed by atoms with E-state index in [1.165, 1.54) is 15.3 Å². The van der Waals surface area contributed by atoms with E-state index in [9.17, 15) is 9.90 Å². The number of carboxylic acids is 1. The van der Waals surface area contributed by atoms with Gasteiger partial charge in [-0.3, -0.25) is 9.69 Å². The number of nitrogens with zero attached hydrogens (tertiary/aromatic N) is 1. The highest BCUT2D eigenvalue weighted by molar-refractivity contribution is 7.12. The first-order valence-electron chi connectivity index (χ1n) is 8.25. The predicted octanol–water partition coefficient (Wildman–Crippen LogP) is 3.95. The molecule has 3 rings (SSSR count). The summed E-state index contributed by atoms with van der Waals surface area (Å²) in [4.78, 5) is 16.2. The maximum Gasteiger partial charge on any atom is 0.306 e. The highest BCUT2D eigenvalue weighted by Crippen LogP contribution is 2.37. The van der Waals surface area contributed by atoms with Crippen molar-refractivity contribution in [3.8, 4) is 5.75 Å². The molecule has 1 aliphatic rings. The summed E-state index contributed by atoms with van der Waals surface area (Å²) in [7, 11) is 1.68. The molecule has 2 aromatic rings. The number of aliphatic carboxylic acids is 1. The molecule has 1 aliphatic heterocycles. The summed E-state index contributed by atoms with van der Waals surface area (Å²) < 4.78 is 5.39. The van der Waals surface area contributed by atoms with Crippen LogP contribution in [-0.2, 0) is 4.79 Å². The minimum atomic E-state index is -0.667. The van der Waals surface area contributed by atoms with E-state index >= 15 is 0 Å². The van der Waals surface area contributed by atoms with Crippen LogP contribution in [-0.4, -0.2) is 36.2 Å². The second kappa shape index (κ2) is 7.36. The largest absolute Gasteiger partial charge is 0.497 e. The summed E-state index contributed by atoms with van der Waals surface area (Å²) in [5.74, 6) is -0.0250. The molecule has 0 spiro atoms. The van der Waals surface area contributed by atoms with Gasteiger partial charge in [-0.05, 0) is 62.7 Å². The van der Waals surface area contributed by atoms with Crippen molar-refractivity contribution in [3.63, 3.8) is 0 Å². The summed E-state index contributed by atoms with van der Waals surface area (Å²) in [5.41, 5.74) is 1.20. The lowest BCUT2D eigenvalue weighted by Gasteiger charge is -2.36. The van der Waals surface area contributed by atoms with Gasteiger partial charge in [0.1, 0.15) is 5.75 Å². The van der Waals surface area contributed by atoms with Gasteiger partial charge in [-0.25, -0.2) is 0 Å². The van der Waals surface area contributed by atoms with Gasteiger partial charge in [-0.15, -0.1) is 11.3 Å². The van der Waals surface area contributed by atoms with E-state index in [0.29, 0.717) is 12.8 Å². The number of methoxy groups -OCH3 is 1. The molecular weight excluding hydrogens is 322 g/mol. The molecule has 1 unspecified atom stereocenters. The Balaban J connectivity index is 1.90. The van der Waals surface area contributed by atoms with E-state index in [0.717, 1.165) is 18.8 Å². The van der Waals surface area contributed by atoms with Gasteiger partial charge in [-0.1, -0.05) is 12.1 Å². The van der Waals surface area contributed by atoms with Crippen molar-refractivity contribution < 1.29 is 14.6 Å². The summed E-state index contributed by atoms with van der Waals surface area (Å²) in [6.45, 7) is 3.72. The van der Waals surface area contributed by atoms with Crippen LogP contribution in [0.2, 0.25) is 0 Å². The van der Waals surface area contributed by atoms with Gasteiger partial charge in [0.25, 0.3) is 0 Å². The summed E-state index contributed by atoms with van der Waals surface area (Å²) >= 11 is 1.81. The lowest BCUT2D eigenvalue weighted by atomic mass is 9.93. The van der Waals surface area contributed by atoms with Crippen LogP contribution in [0.4, 0.5) is 0 Å². The first-order chi connectivity index (χ1) is 11.6. The SMILES string of the molecule is COc1cccc(C(c2ccc(C)s2)N2CCC(C(=O)O)CC2)c1. The molecule has 1 aromatic carbocycles. The number of hydrogen-bond acceptors (Lipinski definition) is 4. The Morgan fingerprint density at radius 1 is 1.29 bits per heavy atom. The molecule has 0 bridgehead atoms. The molecule has 1 saturated heterocycles.